The van der Waals surface area contributed by atoms with E-state index in [1.54, 1.807) is 36.5 Å². The summed E-state index contributed by atoms with van der Waals surface area (Å²) in [5.74, 6) is -2.23. The van der Waals surface area contributed by atoms with Gasteiger partial charge in [-0.05, 0) is 101 Å². The summed E-state index contributed by atoms with van der Waals surface area (Å²) in [6.45, 7) is 10.1. The molecule has 4 rings (SSSR count). The molecule has 0 aromatic heterocycles. The predicted octanol–water partition coefficient (Wildman–Crippen LogP) is 4.25. The van der Waals surface area contributed by atoms with Gasteiger partial charge in [-0.15, -0.1) is 0 Å². The van der Waals surface area contributed by atoms with Gasteiger partial charge in [0.15, 0.2) is 11.7 Å². The standard InChI is InChI=1S/C46H72N4O9/c1-27(38(54)15-7-12-32(51)11-6-13-34(53)25-31-10-9-23-50(31)45(47)48)17-20-33(52)21-18-28(2)42(57)29(3)19-22-36-30(4)24-35-37(14-8-16-39(35)55)46(36,5)43(58)41-40(56)26-49-44(41)59/h6-7,11,15,17-18,20,24,27,29,31-39,42,51-55,57-58H,8-10,12-14,16,19,21-23,25-26H2,1-5H3,(H3,47,48)(H,49,59)/b11-6+,15-7+,20-17+,28-18+,43-41?/t27-,29-,31+,32+,33+,34+,35-,36+,37-,38+,39+,42+,46+/m0/s1. The summed E-state index contributed by atoms with van der Waals surface area (Å²) >= 11 is 0. The first-order valence-corrected chi connectivity index (χ1v) is 21.7. The third kappa shape index (κ3) is 12.3. The molecule has 2 saturated heterocycles. The number of fused-ring (bicyclic) bond motifs is 1. The Labute approximate surface area is 350 Å². The lowest BCUT2D eigenvalue weighted by Gasteiger charge is -2.53. The molecule has 4 aliphatic rings. The molecule has 2 aliphatic carbocycles. The molecule has 0 aromatic rings. The fourth-order valence-corrected chi connectivity index (χ4v) is 9.89. The van der Waals surface area contributed by atoms with Crippen LogP contribution in [0.4, 0.5) is 0 Å². The van der Waals surface area contributed by atoms with Crippen LogP contribution in [0.3, 0.4) is 0 Å². The van der Waals surface area contributed by atoms with Crippen molar-refractivity contribution < 1.29 is 45.3 Å². The zero-order chi connectivity index (χ0) is 43.6. The van der Waals surface area contributed by atoms with Crippen molar-refractivity contribution in [1.82, 2.24) is 10.2 Å². The highest BCUT2D eigenvalue weighted by Gasteiger charge is 2.55. The van der Waals surface area contributed by atoms with Gasteiger partial charge in [0.2, 0.25) is 0 Å². The van der Waals surface area contributed by atoms with Crippen LogP contribution < -0.4 is 11.1 Å². The maximum Gasteiger partial charge on any atom is 0.258 e. The van der Waals surface area contributed by atoms with Crippen molar-refractivity contribution in [3.8, 4) is 0 Å². The zero-order valence-electron chi connectivity index (χ0n) is 35.7. The number of aliphatic hydroxyl groups is 7. The Balaban J connectivity index is 1.25. The van der Waals surface area contributed by atoms with Gasteiger partial charge in [0.1, 0.15) is 11.3 Å². The third-order valence-corrected chi connectivity index (χ3v) is 13.6. The maximum absolute atomic E-state index is 12.8. The molecule has 11 N–H and O–H groups in total. The van der Waals surface area contributed by atoms with Gasteiger partial charge in [-0.25, -0.2) is 0 Å². The Morgan fingerprint density at radius 2 is 1.69 bits per heavy atom. The number of aliphatic hydroxyl groups excluding tert-OH is 7. The highest BCUT2D eigenvalue weighted by molar-refractivity contribution is 6.25. The number of amides is 1. The van der Waals surface area contributed by atoms with Crippen LogP contribution in [0.15, 0.2) is 71.1 Å². The molecule has 0 radical (unpaired) electrons. The van der Waals surface area contributed by atoms with Crippen molar-refractivity contribution >= 4 is 17.6 Å². The van der Waals surface area contributed by atoms with Crippen molar-refractivity contribution in [1.29, 1.82) is 5.41 Å². The monoisotopic (exact) mass is 825 g/mol. The third-order valence-electron chi connectivity index (χ3n) is 13.6. The van der Waals surface area contributed by atoms with Crippen LogP contribution in [-0.4, -0.2) is 114 Å². The number of nitrogens with one attached hydrogen (secondary N) is 2. The quantitative estimate of drug-likeness (QED) is 0.0221. The maximum atomic E-state index is 12.8. The molecule has 2 heterocycles. The minimum absolute atomic E-state index is 0.0315. The van der Waals surface area contributed by atoms with Crippen molar-refractivity contribution in [2.24, 2.45) is 40.7 Å². The fourth-order valence-electron chi connectivity index (χ4n) is 9.89. The molecule has 0 aromatic carbocycles. The zero-order valence-corrected chi connectivity index (χ0v) is 35.7. The summed E-state index contributed by atoms with van der Waals surface area (Å²) < 4.78 is 0. The van der Waals surface area contributed by atoms with Crippen LogP contribution >= 0.6 is 0 Å². The first-order chi connectivity index (χ1) is 27.9. The Morgan fingerprint density at radius 1 is 1.00 bits per heavy atom. The molecule has 0 unspecified atom stereocenters. The van der Waals surface area contributed by atoms with E-state index in [9.17, 15) is 45.3 Å². The number of carbonyl (C=O) groups excluding carboxylic acids is 2. The van der Waals surface area contributed by atoms with Gasteiger partial charge in [-0.3, -0.25) is 15.0 Å². The number of Topliss-reactive ketones (excluding diaryl/α,β-unsaturated/α-hetero) is 1. The lowest BCUT2D eigenvalue weighted by atomic mass is 9.52. The molecular weight excluding hydrogens is 753 g/mol. The average Bonchev–Trinajstić information content (AvgIpc) is 3.80. The summed E-state index contributed by atoms with van der Waals surface area (Å²) in [6.07, 6.45) is 16.2. The lowest BCUT2D eigenvalue weighted by molar-refractivity contribution is -0.118. The van der Waals surface area contributed by atoms with E-state index in [2.05, 4.69) is 11.4 Å². The molecule has 2 aliphatic heterocycles. The molecule has 13 nitrogen and oxygen atoms in total. The number of carbonyl (C=O) groups is 2. The summed E-state index contributed by atoms with van der Waals surface area (Å²) in [5, 5.41) is 86.3. The highest BCUT2D eigenvalue weighted by Crippen LogP contribution is 2.58. The second kappa shape index (κ2) is 21.8. The number of ketones is 1. The van der Waals surface area contributed by atoms with Crippen LogP contribution in [0.25, 0.3) is 0 Å². The largest absolute Gasteiger partial charge is 0.511 e. The minimum atomic E-state index is -0.953. The number of nitrogens with zero attached hydrogens (tertiary/aromatic N) is 1. The molecule has 330 valence electrons. The molecule has 0 bridgehead atoms. The van der Waals surface area contributed by atoms with Crippen molar-refractivity contribution in [2.45, 2.75) is 148 Å². The Bertz CT molecular complexity index is 1640. The average molecular weight is 825 g/mol. The number of nitrogens with two attached hydrogens (primary N) is 1. The van der Waals surface area contributed by atoms with Crippen molar-refractivity contribution in [2.75, 3.05) is 13.1 Å². The Hall–Kier alpha value is -3.59. The number of rotatable bonds is 19. The van der Waals surface area contributed by atoms with E-state index < -0.39 is 53.7 Å². The van der Waals surface area contributed by atoms with Crippen molar-refractivity contribution in [3.05, 3.63) is 71.1 Å². The van der Waals surface area contributed by atoms with Gasteiger partial charge in [-0.1, -0.05) is 81.4 Å². The highest BCUT2D eigenvalue weighted by atomic mass is 16.3. The van der Waals surface area contributed by atoms with Crippen LogP contribution in [0.2, 0.25) is 0 Å². The van der Waals surface area contributed by atoms with Gasteiger partial charge in [0.25, 0.3) is 5.91 Å². The number of hydrogen-bond acceptors (Lipinski definition) is 10. The second-order valence-electron chi connectivity index (χ2n) is 17.9. The first kappa shape index (κ1) is 48.1. The summed E-state index contributed by atoms with van der Waals surface area (Å²) in [6, 6.07) is 0.0588. The molecule has 0 spiro atoms. The van der Waals surface area contributed by atoms with Crippen LogP contribution in [0, 0.1) is 40.4 Å². The SMILES string of the molecule is CC1=C[C@@H]2[C@H](O)CCC[C@@H]2[C@](C)(C(O)=C2C(=O)CNC2=O)[C@@H]1CC[C@H](C)[C@H](O)/C(C)=C/C[C@H](O)/C=C/[C@H](C)[C@H](O)/C=C/C[C@H](O)/C=C/C[C@@H](O)C[C@H]1CCCN1C(=N)N. The summed E-state index contributed by atoms with van der Waals surface area (Å²) in [4.78, 5) is 27.3. The smallest absolute Gasteiger partial charge is 0.258 e. The van der Waals surface area contributed by atoms with Gasteiger partial charge in [0, 0.05) is 29.8 Å². The first-order valence-electron chi connectivity index (χ1n) is 21.7. The van der Waals surface area contributed by atoms with E-state index >= 15 is 0 Å². The van der Waals surface area contributed by atoms with E-state index in [-0.39, 0.29) is 72.3 Å². The molecular formula is C46H72N4O9. The van der Waals surface area contributed by atoms with Gasteiger partial charge in [0.05, 0.1) is 43.2 Å². The van der Waals surface area contributed by atoms with Crippen LogP contribution in [0.5, 0.6) is 0 Å². The number of hydrogen-bond donors (Lipinski definition) is 10. The van der Waals surface area contributed by atoms with E-state index in [1.807, 2.05) is 45.6 Å². The fraction of sp³-hybridized carbons (Fsp3) is 0.674. The number of likely N-dealkylation sites (tertiary alicyclic amines) is 1. The van der Waals surface area contributed by atoms with E-state index in [0.717, 1.165) is 37.8 Å². The molecule has 1 amide bonds. The van der Waals surface area contributed by atoms with Gasteiger partial charge < -0.3 is 51.7 Å². The second-order valence-corrected chi connectivity index (χ2v) is 17.9. The Kier molecular flexibility index (Phi) is 17.8. The van der Waals surface area contributed by atoms with Gasteiger partial charge in [-0.2, -0.15) is 0 Å². The predicted molar refractivity (Wildman–Crippen MR) is 229 cm³/mol. The van der Waals surface area contributed by atoms with E-state index in [1.165, 1.54) is 0 Å². The Morgan fingerprint density at radius 3 is 2.37 bits per heavy atom. The minimum Gasteiger partial charge on any atom is -0.511 e. The topological polar surface area (TPSA) is 241 Å². The van der Waals surface area contributed by atoms with Crippen LogP contribution in [-0.2, 0) is 9.59 Å². The van der Waals surface area contributed by atoms with Gasteiger partial charge >= 0.3 is 0 Å². The van der Waals surface area contributed by atoms with E-state index in [0.29, 0.717) is 37.7 Å². The molecule has 13 atom stereocenters. The summed E-state index contributed by atoms with van der Waals surface area (Å²) in [7, 11) is 0. The normalized spacial score (nSPS) is 31.2. The molecule has 1 saturated carbocycles. The van der Waals surface area contributed by atoms with E-state index in [4.69, 9.17) is 11.1 Å². The molecule has 3 fully saturated rings. The van der Waals surface area contributed by atoms with Crippen LogP contribution in [0.1, 0.15) is 105 Å². The number of guanidine groups is 1. The number of allylic oxidation sites excluding steroid dienone is 2. The summed E-state index contributed by atoms with van der Waals surface area (Å²) in [5.41, 5.74) is 6.20. The lowest BCUT2D eigenvalue weighted by Crippen LogP contribution is -2.50. The van der Waals surface area contributed by atoms with Crippen molar-refractivity contribution in [3.63, 3.8) is 0 Å². The molecule has 13 heteroatoms. The molecule has 59 heavy (non-hydrogen) atoms.